The van der Waals surface area contributed by atoms with Gasteiger partial charge >= 0.3 is 0 Å². The summed E-state index contributed by atoms with van der Waals surface area (Å²) >= 11 is 0. The third-order valence-electron chi connectivity index (χ3n) is 4.11. The van der Waals surface area contributed by atoms with Crippen molar-refractivity contribution in [3.63, 3.8) is 0 Å². The fourth-order valence-electron chi connectivity index (χ4n) is 2.39. The molecule has 1 aliphatic heterocycles. The van der Waals surface area contributed by atoms with Gasteiger partial charge in [-0.2, -0.15) is 0 Å². The molecule has 0 saturated heterocycles. The number of allylic oxidation sites excluding steroid dienone is 1. The van der Waals surface area contributed by atoms with Crippen molar-refractivity contribution < 1.29 is 4.84 Å². The highest BCUT2D eigenvalue weighted by atomic mass is 16.6. The Kier molecular flexibility index (Phi) is 4.99. The predicted octanol–water partition coefficient (Wildman–Crippen LogP) is 4.89. The van der Waals surface area contributed by atoms with Crippen LogP contribution in [0.2, 0.25) is 0 Å². The molecule has 2 heteroatoms. The van der Waals surface area contributed by atoms with Gasteiger partial charge in [0.1, 0.15) is 6.10 Å². The van der Waals surface area contributed by atoms with E-state index in [1.807, 2.05) is 6.92 Å². The summed E-state index contributed by atoms with van der Waals surface area (Å²) in [5.41, 5.74) is 3.48. The van der Waals surface area contributed by atoms with Crippen molar-refractivity contribution in [2.75, 3.05) is 0 Å². The molecule has 1 heterocycles. The second kappa shape index (κ2) is 6.74. The lowest BCUT2D eigenvalue weighted by molar-refractivity contribution is 0.0622. The molecule has 0 fully saturated rings. The number of hydrogen-bond acceptors (Lipinski definition) is 2. The molecule has 1 aromatic rings. The molecule has 1 aliphatic rings. The normalized spacial score (nSPS) is 20.2. The average molecular weight is 271 g/mol. The van der Waals surface area contributed by atoms with Gasteiger partial charge in [-0.1, -0.05) is 62.3 Å². The highest BCUT2D eigenvalue weighted by Gasteiger charge is 2.24. The van der Waals surface area contributed by atoms with Gasteiger partial charge in [0.05, 0.1) is 5.71 Å². The topological polar surface area (TPSA) is 21.6 Å². The van der Waals surface area contributed by atoms with Crippen molar-refractivity contribution in [2.45, 2.75) is 46.6 Å². The Hall–Kier alpha value is -1.57. The minimum Gasteiger partial charge on any atom is -0.392 e. The van der Waals surface area contributed by atoms with Crippen molar-refractivity contribution in [1.29, 1.82) is 0 Å². The fourth-order valence-corrected chi connectivity index (χ4v) is 2.39. The van der Waals surface area contributed by atoms with Gasteiger partial charge in [-0.25, -0.2) is 0 Å². The molecule has 0 N–H and O–H groups in total. The average Bonchev–Trinajstić information content (AvgIpc) is 2.88. The van der Waals surface area contributed by atoms with Crippen LogP contribution in [0.3, 0.4) is 0 Å². The smallest absolute Gasteiger partial charge is 0.133 e. The molecule has 0 spiro atoms. The third kappa shape index (κ3) is 3.72. The highest BCUT2D eigenvalue weighted by molar-refractivity contribution is 6.01. The van der Waals surface area contributed by atoms with Crippen LogP contribution in [0.1, 0.15) is 51.7 Å². The maximum absolute atomic E-state index is 5.59. The van der Waals surface area contributed by atoms with E-state index in [2.05, 4.69) is 62.3 Å². The van der Waals surface area contributed by atoms with E-state index in [0.29, 0.717) is 11.8 Å². The third-order valence-corrected chi connectivity index (χ3v) is 4.11. The molecule has 2 unspecified atom stereocenters. The van der Waals surface area contributed by atoms with Crippen LogP contribution in [0.5, 0.6) is 0 Å². The molecule has 0 saturated carbocycles. The SMILES string of the molecule is C/C=C/c1ccc(C2=NOC(CC(C)C(C)C)C2)cc1. The summed E-state index contributed by atoms with van der Waals surface area (Å²) in [4.78, 5) is 5.59. The summed E-state index contributed by atoms with van der Waals surface area (Å²) < 4.78 is 0. The van der Waals surface area contributed by atoms with Gasteiger partial charge in [0.25, 0.3) is 0 Å². The van der Waals surface area contributed by atoms with Gasteiger partial charge in [0, 0.05) is 6.42 Å². The van der Waals surface area contributed by atoms with Crippen LogP contribution in [0, 0.1) is 11.8 Å². The second-order valence-corrected chi connectivity index (χ2v) is 6.05. The van der Waals surface area contributed by atoms with Gasteiger partial charge in [-0.05, 0) is 36.3 Å². The summed E-state index contributed by atoms with van der Waals surface area (Å²) in [6.07, 6.45) is 6.41. The first-order valence-corrected chi connectivity index (χ1v) is 7.56. The molecule has 0 bridgehead atoms. The number of hydrogen-bond donors (Lipinski definition) is 0. The Morgan fingerprint density at radius 2 is 1.95 bits per heavy atom. The van der Waals surface area contributed by atoms with E-state index in [0.717, 1.165) is 18.6 Å². The lowest BCUT2D eigenvalue weighted by Gasteiger charge is -2.18. The number of rotatable bonds is 5. The van der Waals surface area contributed by atoms with Gasteiger partial charge in [-0.15, -0.1) is 0 Å². The Morgan fingerprint density at radius 3 is 2.55 bits per heavy atom. The molecular formula is C18H25NO. The molecule has 20 heavy (non-hydrogen) atoms. The summed E-state index contributed by atoms with van der Waals surface area (Å²) in [6, 6.07) is 8.52. The summed E-state index contributed by atoms with van der Waals surface area (Å²) in [5.74, 6) is 1.37. The van der Waals surface area contributed by atoms with Crippen LogP contribution in [-0.4, -0.2) is 11.8 Å². The molecule has 0 aliphatic carbocycles. The fraction of sp³-hybridized carbons (Fsp3) is 0.500. The molecule has 2 rings (SSSR count). The summed E-state index contributed by atoms with van der Waals surface area (Å²) in [5, 5.41) is 4.27. The van der Waals surface area contributed by atoms with Crippen molar-refractivity contribution >= 4 is 11.8 Å². The quantitative estimate of drug-likeness (QED) is 0.746. The molecule has 2 nitrogen and oxygen atoms in total. The van der Waals surface area contributed by atoms with Crippen LogP contribution in [0.4, 0.5) is 0 Å². The molecule has 0 radical (unpaired) electrons. The Morgan fingerprint density at radius 1 is 1.25 bits per heavy atom. The minimum atomic E-state index is 0.248. The van der Waals surface area contributed by atoms with Gasteiger partial charge in [0.15, 0.2) is 0 Å². The van der Waals surface area contributed by atoms with Crippen LogP contribution < -0.4 is 0 Å². The zero-order valence-electron chi connectivity index (χ0n) is 13.0. The van der Waals surface area contributed by atoms with E-state index in [-0.39, 0.29) is 6.10 Å². The van der Waals surface area contributed by atoms with Crippen molar-refractivity contribution in [3.8, 4) is 0 Å². The van der Waals surface area contributed by atoms with E-state index >= 15 is 0 Å². The Bertz CT molecular complexity index is 485. The van der Waals surface area contributed by atoms with Gasteiger partial charge in [0.2, 0.25) is 0 Å². The zero-order valence-corrected chi connectivity index (χ0v) is 13.0. The molecule has 1 aromatic carbocycles. The largest absolute Gasteiger partial charge is 0.392 e. The Labute approximate surface area is 122 Å². The maximum Gasteiger partial charge on any atom is 0.133 e. The predicted molar refractivity (Wildman–Crippen MR) is 85.8 cm³/mol. The molecule has 2 atom stereocenters. The highest BCUT2D eigenvalue weighted by Crippen LogP contribution is 2.25. The number of oxime groups is 1. The molecular weight excluding hydrogens is 246 g/mol. The minimum absolute atomic E-state index is 0.248. The summed E-state index contributed by atoms with van der Waals surface area (Å²) in [6.45, 7) is 8.85. The van der Waals surface area contributed by atoms with Crippen LogP contribution in [0.25, 0.3) is 6.08 Å². The van der Waals surface area contributed by atoms with Crippen molar-refractivity contribution in [3.05, 3.63) is 41.5 Å². The number of benzene rings is 1. The van der Waals surface area contributed by atoms with E-state index in [1.165, 1.54) is 11.1 Å². The first-order chi connectivity index (χ1) is 9.60. The molecule has 0 amide bonds. The van der Waals surface area contributed by atoms with E-state index < -0.39 is 0 Å². The van der Waals surface area contributed by atoms with E-state index in [1.54, 1.807) is 0 Å². The van der Waals surface area contributed by atoms with Crippen LogP contribution in [0.15, 0.2) is 35.5 Å². The first-order valence-electron chi connectivity index (χ1n) is 7.56. The zero-order chi connectivity index (χ0) is 14.5. The lowest BCUT2D eigenvalue weighted by atomic mass is 9.90. The lowest BCUT2D eigenvalue weighted by Crippen LogP contribution is -2.16. The number of nitrogens with zero attached hydrogens (tertiary/aromatic N) is 1. The van der Waals surface area contributed by atoms with Gasteiger partial charge in [-0.3, -0.25) is 0 Å². The summed E-state index contributed by atoms with van der Waals surface area (Å²) in [7, 11) is 0. The van der Waals surface area contributed by atoms with E-state index in [9.17, 15) is 0 Å². The second-order valence-electron chi connectivity index (χ2n) is 6.05. The standard InChI is InChI=1S/C18H25NO/c1-5-6-15-7-9-16(10-8-15)18-12-17(20-19-18)11-14(4)13(2)3/h5-10,13-14,17H,11-12H2,1-4H3/b6-5+. The van der Waals surface area contributed by atoms with Crippen LogP contribution >= 0.6 is 0 Å². The van der Waals surface area contributed by atoms with Crippen molar-refractivity contribution in [2.24, 2.45) is 17.0 Å². The van der Waals surface area contributed by atoms with E-state index in [4.69, 9.17) is 4.84 Å². The first kappa shape index (κ1) is 14.8. The molecule has 108 valence electrons. The van der Waals surface area contributed by atoms with Crippen LogP contribution in [-0.2, 0) is 4.84 Å². The van der Waals surface area contributed by atoms with Crippen molar-refractivity contribution in [1.82, 2.24) is 0 Å². The molecule has 0 aromatic heterocycles. The van der Waals surface area contributed by atoms with Gasteiger partial charge < -0.3 is 4.84 Å². The monoisotopic (exact) mass is 271 g/mol. The maximum atomic E-state index is 5.59. The Balaban J connectivity index is 1.95.